The normalized spacial score (nSPS) is 14.7. The molecule has 23 heavy (non-hydrogen) atoms. The molecule has 1 aliphatic heterocycles. The van der Waals surface area contributed by atoms with Gasteiger partial charge in [-0.3, -0.25) is 9.59 Å². The van der Waals surface area contributed by atoms with E-state index in [9.17, 15) is 22.8 Å². The number of benzene rings is 1. The van der Waals surface area contributed by atoms with Gasteiger partial charge in [-0.05, 0) is 31.0 Å². The molecule has 0 saturated carbocycles. The van der Waals surface area contributed by atoms with Crippen LogP contribution in [0.15, 0.2) is 24.3 Å². The third kappa shape index (κ3) is 5.15. The maximum Gasteiger partial charge on any atom is 0.416 e. The molecule has 126 valence electrons. The summed E-state index contributed by atoms with van der Waals surface area (Å²) in [6.07, 6.45) is -2.49. The van der Waals surface area contributed by atoms with Crippen molar-refractivity contribution in [1.82, 2.24) is 10.2 Å². The lowest BCUT2D eigenvalue weighted by Crippen LogP contribution is -2.40. The molecule has 0 aromatic heterocycles. The molecular weight excluding hydrogens is 311 g/mol. The molecule has 0 atom stereocenters. The van der Waals surface area contributed by atoms with E-state index in [1.807, 2.05) is 0 Å². The molecule has 1 aromatic carbocycles. The smallest absolute Gasteiger partial charge is 0.376 e. The van der Waals surface area contributed by atoms with E-state index in [2.05, 4.69) is 10.6 Å². The van der Waals surface area contributed by atoms with Gasteiger partial charge < -0.3 is 15.5 Å². The van der Waals surface area contributed by atoms with Gasteiger partial charge in [0.05, 0.1) is 18.7 Å². The number of likely N-dealkylation sites (tertiary alicyclic amines) is 1. The zero-order chi connectivity index (χ0) is 16.9. The van der Waals surface area contributed by atoms with Gasteiger partial charge in [0.25, 0.3) is 0 Å². The molecular formula is C15H18F3N3O2. The highest BCUT2D eigenvalue weighted by Crippen LogP contribution is 2.30. The number of hydrogen-bond acceptors (Lipinski definition) is 3. The van der Waals surface area contributed by atoms with Crippen molar-refractivity contribution < 1.29 is 22.8 Å². The zero-order valence-corrected chi connectivity index (χ0v) is 12.4. The first-order valence-electron chi connectivity index (χ1n) is 7.32. The van der Waals surface area contributed by atoms with Crippen LogP contribution in [-0.2, 0) is 15.8 Å². The first kappa shape index (κ1) is 17.1. The molecule has 0 bridgehead atoms. The average molecular weight is 329 g/mol. The second-order valence-corrected chi connectivity index (χ2v) is 5.30. The third-order valence-electron chi connectivity index (χ3n) is 3.54. The van der Waals surface area contributed by atoms with E-state index >= 15 is 0 Å². The van der Waals surface area contributed by atoms with E-state index in [0.29, 0.717) is 13.1 Å². The van der Waals surface area contributed by atoms with Crippen molar-refractivity contribution in [3.05, 3.63) is 29.8 Å². The van der Waals surface area contributed by atoms with Crippen molar-refractivity contribution >= 4 is 17.5 Å². The molecule has 8 heteroatoms. The highest BCUT2D eigenvalue weighted by Gasteiger charge is 2.30. The number of hydrogen-bond donors (Lipinski definition) is 2. The Morgan fingerprint density at radius 2 is 1.83 bits per heavy atom. The number of carbonyl (C=O) groups excluding carboxylic acids is 2. The van der Waals surface area contributed by atoms with Crippen LogP contribution in [0, 0.1) is 0 Å². The van der Waals surface area contributed by atoms with Gasteiger partial charge in [0, 0.05) is 18.8 Å². The van der Waals surface area contributed by atoms with Gasteiger partial charge in [-0.25, -0.2) is 0 Å². The summed E-state index contributed by atoms with van der Waals surface area (Å²) in [6, 6.07) is 4.60. The Labute approximate surface area is 131 Å². The Bertz CT molecular complexity index is 569. The predicted molar refractivity (Wildman–Crippen MR) is 78.8 cm³/mol. The summed E-state index contributed by atoms with van der Waals surface area (Å²) in [5.74, 6) is -0.593. The van der Waals surface area contributed by atoms with Crippen LogP contribution in [0.4, 0.5) is 18.9 Å². The number of rotatable bonds is 5. The Morgan fingerprint density at radius 1 is 1.13 bits per heavy atom. The monoisotopic (exact) mass is 329 g/mol. The van der Waals surface area contributed by atoms with Crippen molar-refractivity contribution in [2.45, 2.75) is 19.0 Å². The van der Waals surface area contributed by atoms with Crippen molar-refractivity contribution in [3.63, 3.8) is 0 Å². The first-order chi connectivity index (χ1) is 10.9. The summed E-state index contributed by atoms with van der Waals surface area (Å²) in [5, 5.41) is 5.07. The van der Waals surface area contributed by atoms with Gasteiger partial charge in [-0.1, -0.05) is 6.07 Å². The SMILES string of the molecule is O=C(CNc1cccc(C(F)(F)F)c1)NCC(=O)N1CCCC1. The van der Waals surface area contributed by atoms with E-state index < -0.39 is 17.6 Å². The van der Waals surface area contributed by atoms with Crippen molar-refractivity contribution in [2.75, 3.05) is 31.5 Å². The maximum atomic E-state index is 12.6. The van der Waals surface area contributed by atoms with E-state index in [1.165, 1.54) is 12.1 Å². The van der Waals surface area contributed by atoms with Crippen LogP contribution in [0.5, 0.6) is 0 Å². The summed E-state index contributed by atoms with van der Waals surface area (Å²) >= 11 is 0. The number of nitrogens with one attached hydrogen (secondary N) is 2. The average Bonchev–Trinajstić information content (AvgIpc) is 3.04. The molecule has 0 aliphatic carbocycles. The number of amides is 2. The standard InChI is InChI=1S/C15H18F3N3O2/c16-15(17,18)11-4-3-5-12(8-11)19-9-13(22)20-10-14(23)21-6-1-2-7-21/h3-5,8,19H,1-2,6-7,9-10H2,(H,20,22). The van der Waals surface area contributed by atoms with Crippen LogP contribution in [-0.4, -0.2) is 42.9 Å². The van der Waals surface area contributed by atoms with Crippen molar-refractivity contribution in [1.29, 1.82) is 0 Å². The number of halogens is 3. The fourth-order valence-corrected chi connectivity index (χ4v) is 2.30. The van der Waals surface area contributed by atoms with Crippen LogP contribution < -0.4 is 10.6 Å². The maximum absolute atomic E-state index is 12.6. The largest absolute Gasteiger partial charge is 0.416 e. The predicted octanol–water partition coefficient (Wildman–Crippen LogP) is 1.86. The molecule has 1 fully saturated rings. The van der Waals surface area contributed by atoms with Crippen molar-refractivity contribution in [3.8, 4) is 0 Å². The van der Waals surface area contributed by atoms with Gasteiger partial charge in [0.2, 0.25) is 11.8 Å². The molecule has 1 saturated heterocycles. The van der Waals surface area contributed by atoms with Crippen LogP contribution in [0.1, 0.15) is 18.4 Å². The molecule has 0 spiro atoms. The lowest BCUT2D eigenvalue weighted by atomic mass is 10.2. The van der Waals surface area contributed by atoms with Crippen LogP contribution >= 0.6 is 0 Å². The molecule has 1 aromatic rings. The molecule has 2 N–H and O–H groups in total. The van der Waals surface area contributed by atoms with E-state index in [-0.39, 0.29) is 24.7 Å². The van der Waals surface area contributed by atoms with Gasteiger partial charge in [-0.2, -0.15) is 13.2 Å². The highest BCUT2D eigenvalue weighted by atomic mass is 19.4. The molecule has 5 nitrogen and oxygen atoms in total. The fourth-order valence-electron chi connectivity index (χ4n) is 2.30. The molecule has 2 rings (SSSR count). The second kappa shape index (κ2) is 7.34. The molecule has 1 aliphatic rings. The Kier molecular flexibility index (Phi) is 5.46. The topological polar surface area (TPSA) is 61.4 Å². The van der Waals surface area contributed by atoms with Crippen molar-refractivity contribution in [2.24, 2.45) is 0 Å². The van der Waals surface area contributed by atoms with Gasteiger partial charge >= 0.3 is 6.18 Å². The lowest BCUT2D eigenvalue weighted by Gasteiger charge is -2.15. The second-order valence-electron chi connectivity index (χ2n) is 5.30. The summed E-state index contributed by atoms with van der Waals surface area (Å²) in [4.78, 5) is 25.1. The number of nitrogens with zero attached hydrogens (tertiary/aromatic N) is 1. The summed E-state index contributed by atoms with van der Waals surface area (Å²) in [5.41, 5.74) is -0.590. The fraction of sp³-hybridized carbons (Fsp3) is 0.467. The van der Waals surface area contributed by atoms with Crippen LogP contribution in [0.2, 0.25) is 0 Å². The lowest BCUT2D eigenvalue weighted by molar-refractivity contribution is -0.137. The number of alkyl halides is 3. The zero-order valence-electron chi connectivity index (χ0n) is 12.4. The quantitative estimate of drug-likeness (QED) is 0.867. The van der Waals surface area contributed by atoms with Gasteiger partial charge in [0.1, 0.15) is 0 Å². The Morgan fingerprint density at radius 3 is 2.48 bits per heavy atom. The Balaban J connectivity index is 1.77. The molecule has 1 heterocycles. The minimum atomic E-state index is -4.43. The van der Waals surface area contributed by atoms with E-state index in [1.54, 1.807) is 4.90 Å². The Hall–Kier alpha value is -2.25. The summed E-state index contributed by atoms with van der Waals surface area (Å²) in [6.45, 7) is 1.12. The summed E-state index contributed by atoms with van der Waals surface area (Å²) in [7, 11) is 0. The molecule has 0 unspecified atom stereocenters. The number of carbonyl (C=O) groups is 2. The number of anilines is 1. The molecule has 0 radical (unpaired) electrons. The van der Waals surface area contributed by atoms with E-state index in [4.69, 9.17) is 0 Å². The van der Waals surface area contributed by atoms with Crippen LogP contribution in [0.25, 0.3) is 0 Å². The van der Waals surface area contributed by atoms with E-state index in [0.717, 1.165) is 25.0 Å². The molecule has 2 amide bonds. The van der Waals surface area contributed by atoms with Crippen LogP contribution in [0.3, 0.4) is 0 Å². The van der Waals surface area contributed by atoms with Gasteiger partial charge in [0.15, 0.2) is 0 Å². The third-order valence-corrected chi connectivity index (χ3v) is 3.54. The highest BCUT2D eigenvalue weighted by molar-refractivity contribution is 5.86. The first-order valence-corrected chi connectivity index (χ1v) is 7.32. The summed E-state index contributed by atoms with van der Waals surface area (Å²) < 4.78 is 37.7. The minimum absolute atomic E-state index is 0.0941. The minimum Gasteiger partial charge on any atom is -0.376 e. The van der Waals surface area contributed by atoms with Gasteiger partial charge in [-0.15, -0.1) is 0 Å².